The van der Waals surface area contributed by atoms with Crippen LogP contribution in [0.2, 0.25) is 0 Å². The fraction of sp³-hybridized carbons (Fsp3) is 0.500. The average Bonchev–Trinajstić information content (AvgIpc) is 2.38. The Morgan fingerprint density at radius 1 is 1.55 bits per heavy atom. The zero-order valence-electron chi connectivity index (χ0n) is 11.8. The summed E-state index contributed by atoms with van der Waals surface area (Å²) < 4.78 is 5.54. The predicted octanol–water partition coefficient (Wildman–Crippen LogP) is 2.97. The molecule has 1 aromatic rings. The van der Waals surface area contributed by atoms with Gasteiger partial charge in [-0.15, -0.1) is 0 Å². The van der Waals surface area contributed by atoms with Gasteiger partial charge in [0.1, 0.15) is 5.75 Å². The standard InChI is InChI=1S/C14H18N2O4/c1-10(17)12-8-11(16(18)19)4-5-13(12)20-7-6-14(2,3)9-15/h4-5,8,10,17H,6-7H2,1-3H3. The van der Waals surface area contributed by atoms with E-state index in [9.17, 15) is 15.2 Å². The van der Waals surface area contributed by atoms with Gasteiger partial charge in [0.2, 0.25) is 0 Å². The van der Waals surface area contributed by atoms with E-state index in [-0.39, 0.29) is 5.69 Å². The van der Waals surface area contributed by atoms with E-state index in [0.717, 1.165) is 0 Å². The van der Waals surface area contributed by atoms with Crippen molar-refractivity contribution in [2.45, 2.75) is 33.3 Å². The molecule has 0 amide bonds. The van der Waals surface area contributed by atoms with Crippen molar-refractivity contribution < 1.29 is 14.8 Å². The summed E-state index contributed by atoms with van der Waals surface area (Å²) in [7, 11) is 0. The minimum absolute atomic E-state index is 0.0920. The Kier molecular flexibility index (Phi) is 5.06. The van der Waals surface area contributed by atoms with Gasteiger partial charge in [-0.3, -0.25) is 10.1 Å². The van der Waals surface area contributed by atoms with Crippen LogP contribution in [-0.2, 0) is 0 Å². The molecule has 108 valence electrons. The van der Waals surface area contributed by atoms with Gasteiger partial charge < -0.3 is 9.84 Å². The van der Waals surface area contributed by atoms with Crippen molar-refractivity contribution in [2.75, 3.05) is 6.61 Å². The van der Waals surface area contributed by atoms with Gasteiger partial charge in [0, 0.05) is 17.7 Å². The number of aliphatic hydroxyl groups excluding tert-OH is 1. The molecule has 0 bridgehead atoms. The van der Waals surface area contributed by atoms with Gasteiger partial charge in [0.05, 0.1) is 29.1 Å². The Hall–Kier alpha value is -2.13. The number of nitro groups is 1. The number of aliphatic hydroxyl groups is 1. The first-order chi connectivity index (χ1) is 9.26. The van der Waals surface area contributed by atoms with E-state index < -0.39 is 16.4 Å². The number of rotatable bonds is 6. The smallest absolute Gasteiger partial charge is 0.270 e. The van der Waals surface area contributed by atoms with E-state index in [0.29, 0.717) is 24.3 Å². The largest absolute Gasteiger partial charge is 0.493 e. The molecular formula is C14H18N2O4. The molecule has 0 heterocycles. The Balaban J connectivity index is 2.85. The summed E-state index contributed by atoms with van der Waals surface area (Å²) in [6, 6.07) is 6.27. The normalized spacial score (nSPS) is 12.6. The van der Waals surface area contributed by atoms with E-state index in [2.05, 4.69) is 6.07 Å². The zero-order chi connectivity index (χ0) is 15.3. The van der Waals surface area contributed by atoms with Crippen LogP contribution < -0.4 is 4.74 Å². The monoisotopic (exact) mass is 278 g/mol. The van der Waals surface area contributed by atoms with Gasteiger partial charge in [0.25, 0.3) is 5.69 Å². The highest BCUT2D eigenvalue weighted by Gasteiger charge is 2.19. The predicted molar refractivity (Wildman–Crippen MR) is 73.2 cm³/mol. The van der Waals surface area contributed by atoms with Crippen molar-refractivity contribution in [3.8, 4) is 11.8 Å². The summed E-state index contributed by atoms with van der Waals surface area (Å²) in [4.78, 5) is 10.2. The molecular weight excluding hydrogens is 260 g/mol. The molecule has 0 aliphatic heterocycles. The van der Waals surface area contributed by atoms with Gasteiger partial charge in [-0.05, 0) is 33.3 Å². The summed E-state index contributed by atoms with van der Waals surface area (Å²) in [6.07, 6.45) is -0.339. The van der Waals surface area contributed by atoms with Crippen LogP contribution in [0.15, 0.2) is 18.2 Å². The van der Waals surface area contributed by atoms with Crippen molar-refractivity contribution in [1.29, 1.82) is 5.26 Å². The van der Waals surface area contributed by atoms with Gasteiger partial charge in [-0.25, -0.2) is 0 Å². The summed E-state index contributed by atoms with van der Waals surface area (Å²) >= 11 is 0. The van der Waals surface area contributed by atoms with Crippen molar-refractivity contribution in [3.05, 3.63) is 33.9 Å². The van der Waals surface area contributed by atoms with E-state index in [1.165, 1.54) is 25.1 Å². The molecule has 0 saturated carbocycles. The minimum atomic E-state index is -0.867. The minimum Gasteiger partial charge on any atom is -0.493 e. The molecule has 0 spiro atoms. The lowest BCUT2D eigenvalue weighted by Gasteiger charge is -2.17. The molecule has 6 nitrogen and oxygen atoms in total. The maximum absolute atomic E-state index is 10.7. The molecule has 1 aromatic carbocycles. The number of nitriles is 1. The lowest BCUT2D eigenvalue weighted by atomic mass is 9.92. The first-order valence-corrected chi connectivity index (χ1v) is 6.27. The molecule has 0 saturated heterocycles. The number of nitrogens with zero attached hydrogens (tertiary/aromatic N) is 2. The van der Waals surface area contributed by atoms with Crippen LogP contribution in [0.1, 0.15) is 38.9 Å². The van der Waals surface area contributed by atoms with Gasteiger partial charge in [-0.2, -0.15) is 5.26 Å². The van der Waals surface area contributed by atoms with Gasteiger partial charge in [0.15, 0.2) is 0 Å². The third-order valence-electron chi connectivity index (χ3n) is 2.94. The van der Waals surface area contributed by atoms with Crippen LogP contribution in [0.5, 0.6) is 5.75 Å². The molecule has 1 unspecified atom stereocenters. The highest BCUT2D eigenvalue weighted by atomic mass is 16.6. The molecule has 6 heteroatoms. The fourth-order valence-electron chi connectivity index (χ4n) is 1.58. The molecule has 0 radical (unpaired) electrons. The number of ether oxygens (including phenoxy) is 1. The number of hydrogen-bond acceptors (Lipinski definition) is 5. The van der Waals surface area contributed by atoms with Crippen LogP contribution in [0.25, 0.3) is 0 Å². The number of nitro benzene ring substituents is 1. The first kappa shape index (κ1) is 15.9. The van der Waals surface area contributed by atoms with Crippen LogP contribution in [0.3, 0.4) is 0 Å². The number of hydrogen-bond donors (Lipinski definition) is 1. The quantitative estimate of drug-likeness (QED) is 0.637. The lowest BCUT2D eigenvalue weighted by molar-refractivity contribution is -0.385. The molecule has 0 aliphatic rings. The molecule has 1 N–H and O–H groups in total. The second-order valence-corrected chi connectivity index (χ2v) is 5.25. The summed E-state index contributed by atoms with van der Waals surface area (Å²) in [5, 5.41) is 29.3. The van der Waals surface area contributed by atoms with Crippen LogP contribution >= 0.6 is 0 Å². The molecule has 20 heavy (non-hydrogen) atoms. The van der Waals surface area contributed by atoms with E-state index in [1.54, 1.807) is 0 Å². The van der Waals surface area contributed by atoms with Crippen LogP contribution in [0.4, 0.5) is 5.69 Å². The molecule has 1 rings (SSSR count). The summed E-state index contributed by atoms with van der Waals surface area (Å²) in [5.41, 5.74) is -0.217. The van der Waals surface area contributed by atoms with Gasteiger partial charge in [-0.1, -0.05) is 0 Å². The highest BCUT2D eigenvalue weighted by molar-refractivity contribution is 5.44. The third kappa shape index (κ3) is 4.21. The summed E-state index contributed by atoms with van der Waals surface area (Å²) in [6.45, 7) is 5.44. The van der Waals surface area contributed by atoms with E-state index >= 15 is 0 Å². The van der Waals surface area contributed by atoms with Gasteiger partial charge >= 0.3 is 0 Å². The highest BCUT2D eigenvalue weighted by Crippen LogP contribution is 2.30. The second-order valence-electron chi connectivity index (χ2n) is 5.25. The Bertz CT molecular complexity index is 532. The van der Waals surface area contributed by atoms with Crippen molar-refractivity contribution in [1.82, 2.24) is 0 Å². The first-order valence-electron chi connectivity index (χ1n) is 6.27. The second kappa shape index (κ2) is 6.35. The maximum atomic E-state index is 10.7. The molecule has 0 aromatic heterocycles. The number of benzene rings is 1. The number of non-ortho nitro benzene ring substituents is 1. The van der Waals surface area contributed by atoms with Crippen molar-refractivity contribution >= 4 is 5.69 Å². The van der Waals surface area contributed by atoms with Crippen LogP contribution in [0, 0.1) is 26.9 Å². The maximum Gasteiger partial charge on any atom is 0.270 e. The SMILES string of the molecule is CC(O)c1cc([N+](=O)[O-])ccc1OCCC(C)(C)C#N. The Labute approximate surface area is 117 Å². The van der Waals surface area contributed by atoms with Crippen molar-refractivity contribution in [2.24, 2.45) is 5.41 Å². The molecule has 0 aliphatic carbocycles. The molecule has 0 fully saturated rings. The van der Waals surface area contributed by atoms with E-state index in [4.69, 9.17) is 10.00 Å². The van der Waals surface area contributed by atoms with Crippen LogP contribution in [-0.4, -0.2) is 16.6 Å². The zero-order valence-corrected chi connectivity index (χ0v) is 11.8. The topological polar surface area (TPSA) is 96.4 Å². The average molecular weight is 278 g/mol. The third-order valence-corrected chi connectivity index (χ3v) is 2.94. The summed E-state index contributed by atoms with van der Waals surface area (Å²) in [5.74, 6) is 0.402. The Morgan fingerprint density at radius 2 is 2.20 bits per heavy atom. The fourth-order valence-corrected chi connectivity index (χ4v) is 1.58. The van der Waals surface area contributed by atoms with E-state index in [1.807, 2.05) is 13.8 Å². The Morgan fingerprint density at radius 3 is 2.70 bits per heavy atom. The molecule has 1 atom stereocenters. The van der Waals surface area contributed by atoms with Crippen molar-refractivity contribution in [3.63, 3.8) is 0 Å². The lowest BCUT2D eigenvalue weighted by Crippen LogP contribution is -2.14.